The lowest BCUT2D eigenvalue weighted by Gasteiger charge is -2.19. The molecule has 126 valence electrons. The maximum Gasteiger partial charge on any atom is 0.191 e. The highest BCUT2D eigenvalue weighted by Crippen LogP contribution is 2.06. The van der Waals surface area contributed by atoms with Gasteiger partial charge in [0.1, 0.15) is 5.82 Å². The summed E-state index contributed by atoms with van der Waals surface area (Å²) in [6, 6.07) is 0.420. The van der Waals surface area contributed by atoms with Crippen LogP contribution in [0.15, 0.2) is 17.4 Å². The molecule has 0 spiro atoms. The molecule has 0 amide bonds. The molecule has 0 saturated heterocycles. The molecule has 0 bridgehead atoms. The summed E-state index contributed by atoms with van der Waals surface area (Å²) >= 11 is 0. The molecule has 22 heavy (non-hydrogen) atoms. The Bertz CT molecular complexity index is 448. The van der Waals surface area contributed by atoms with Gasteiger partial charge in [-0.1, -0.05) is 27.7 Å². The van der Waals surface area contributed by atoms with Crippen molar-refractivity contribution in [3.05, 3.63) is 18.2 Å². The van der Waals surface area contributed by atoms with Crippen LogP contribution < -0.4 is 10.6 Å². The van der Waals surface area contributed by atoms with Gasteiger partial charge in [0.25, 0.3) is 0 Å². The molecule has 1 unspecified atom stereocenters. The van der Waals surface area contributed by atoms with E-state index in [1.165, 1.54) is 6.42 Å². The summed E-state index contributed by atoms with van der Waals surface area (Å²) < 4.78 is 2.20. The zero-order valence-electron chi connectivity index (χ0n) is 15.1. The fraction of sp³-hybridized carbons (Fsp3) is 0.765. The van der Waals surface area contributed by atoms with Crippen LogP contribution in [-0.2, 0) is 13.1 Å². The summed E-state index contributed by atoms with van der Waals surface area (Å²) in [5.41, 5.74) is 0. The van der Waals surface area contributed by atoms with E-state index in [0.29, 0.717) is 18.5 Å². The summed E-state index contributed by atoms with van der Waals surface area (Å²) in [6.07, 6.45) is 6.28. The molecule has 0 saturated carbocycles. The summed E-state index contributed by atoms with van der Waals surface area (Å²) in [5, 5.41) is 6.81. The molecule has 1 aromatic rings. The van der Waals surface area contributed by atoms with Gasteiger partial charge in [-0.2, -0.15) is 0 Å². The number of hydrogen-bond acceptors (Lipinski definition) is 2. The summed E-state index contributed by atoms with van der Waals surface area (Å²) in [4.78, 5) is 8.73. The van der Waals surface area contributed by atoms with Crippen LogP contribution in [0.3, 0.4) is 0 Å². The van der Waals surface area contributed by atoms with Crippen molar-refractivity contribution in [3.63, 3.8) is 0 Å². The highest BCUT2D eigenvalue weighted by molar-refractivity contribution is 5.79. The first-order valence-electron chi connectivity index (χ1n) is 8.39. The minimum atomic E-state index is 0.420. The van der Waals surface area contributed by atoms with Crippen molar-refractivity contribution in [1.82, 2.24) is 20.2 Å². The Labute approximate surface area is 135 Å². The molecular formula is C17H33N5. The predicted molar refractivity (Wildman–Crippen MR) is 93.9 cm³/mol. The number of aliphatic imine (C=N–C) groups is 1. The molecular weight excluding hydrogens is 274 g/mol. The second-order valence-electron chi connectivity index (χ2n) is 6.83. The van der Waals surface area contributed by atoms with Crippen LogP contribution in [0.4, 0.5) is 0 Å². The first-order valence-corrected chi connectivity index (χ1v) is 8.39. The first kappa shape index (κ1) is 18.5. The van der Waals surface area contributed by atoms with Crippen molar-refractivity contribution < 1.29 is 0 Å². The van der Waals surface area contributed by atoms with Crippen LogP contribution in [-0.4, -0.2) is 28.6 Å². The molecule has 0 aliphatic heterocycles. The lowest BCUT2D eigenvalue weighted by molar-refractivity contribution is 0.486. The Balaban J connectivity index is 2.46. The van der Waals surface area contributed by atoms with Gasteiger partial charge in [0, 0.05) is 32.0 Å². The average Bonchev–Trinajstić information content (AvgIpc) is 2.87. The van der Waals surface area contributed by atoms with E-state index in [9.17, 15) is 0 Å². The third-order valence-electron chi connectivity index (χ3n) is 3.56. The Morgan fingerprint density at radius 3 is 2.50 bits per heavy atom. The monoisotopic (exact) mass is 307 g/mol. The van der Waals surface area contributed by atoms with Gasteiger partial charge in [-0.15, -0.1) is 0 Å². The number of guanidine groups is 1. The molecule has 0 aliphatic rings. The van der Waals surface area contributed by atoms with Crippen LogP contribution in [0, 0.1) is 11.8 Å². The van der Waals surface area contributed by atoms with E-state index in [-0.39, 0.29) is 0 Å². The van der Waals surface area contributed by atoms with E-state index in [1.807, 2.05) is 19.4 Å². The molecule has 1 heterocycles. The molecule has 5 heteroatoms. The van der Waals surface area contributed by atoms with Crippen molar-refractivity contribution in [2.75, 3.05) is 7.05 Å². The Kier molecular flexibility index (Phi) is 7.99. The highest BCUT2D eigenvalue weighted by Gasteiger charge is 2.08. The molecule has 1 rings (SSSR count). The van der Waals surface area contributed by atoms with E-state index in [1.54, 1.807) is 0 Å². The lowest BCUT2D eigenvalue weighted by atomic mass is 10.0. The van der Waals surface area contributed by atoms with Crippen molar-refractivity contribution in [2.24, 2.45) is 16.8 Å². The van der Waals surface area contributed by atoms with Crippen molar-refractivity contribution in [1.29, 1.82) is 0 Å². The second kappa shape index (κ2) is 9.49. The maximum atomic E-state index is 4.43. The van der Waals surface area contributed by atoms with E-state index in [0.717, 1.165) is 30.7 Å². The molecule has 2 N–H and O–H groups in total. The molecule has 0 aliphatic carbocycles. The lowest BCUT2D eigenvalue weighted by Crippen LogP contribution is -2.42. The van der Waals surface area contributed by atoms with Crippen molar-refractivity contribution in [3.8, 4) is 0 Å². The van der Waals surface area contributed by atoms with E-state index in [2.05, 4.69) is 59.8 Å². The number of imidazole rings is 1. The van der Waals surface area contributed by atoms with Gasteiger partial charge in [0.15, 0.2) is 5.96 Å². The summed E-state index contributed by atoms with van der Waals surface area (Å²) in [7, 11) is 1.81. The first-order chi connectivity index (χ1) is 10.4. The van der Waals surface area contributed by atoms with E-state index >= 15 is 0 Å². The standard InChI is InChI=1S/C17H33N5/c1-13(2)7-8-15(5)21-17(18-6)20-11-16-19-9-10-22(16)12-14(3)4/h9-10,13-15H,7-8,11-12H2,1-6H3,(H2,18,20,21). The van der Waals surface area contributed by atoms with Gasteiger partial charge < -0.3 is 15.2 Å². The number of rotatable bonds is 8. The van der Waals surface area contributed by atoms with E-state index < -0.39 is 0 Å². The molecule has 1 atom stereocenters. The van der Waals surface area contributed by atoms with Crippen LogP contribution in [0.25, 0.3) is 0 Å². The third kappa shape index (κ3) is 6.96. The quantitative estimate of drug-likeness (QED) is 0.573. The van der Waals surface area contributed by atoms with Crippen LogP contribution in [0.2, 0.25) is 0 Å². The third-order valence-corrected chi connectivity index (χ3v) is 3.56. The zero-order chi connectivity index (χ0) is 16.5. The fourth-order valence-corrected chi connectivity index (χ4v) is 2.31. The van der Waals surface area contributed by atoms with Crippen LogP contribution >= 0.6 is 0 Å². The molecule has 1 aromatic heterocycles. The Morgan fingerprint density at radius 2 is 1.91 bits per heavy atom. The molecule has 0 radical (unpaired) electrons. The second-order valence-corrected chi connectivity index (χ2v) is 6.83. The molecule has 0 aromatic carbocycles. The largest absolute Gasteiger partial charge is 0.354 e. The van der Waals surface area contributed by atoms with Gasteiger partial charge in [-0.3, -0.25) is 4.99 Å². The normalized spacial score (nSPS) is 13.7. The Morgan fingerprint density at radius 1 is 1.18 bits per heavy atom. The number of hydrogen-bond donors (Lipinski definition) is 2. The maximum absolute atomic E-state index is 4.43. The SMILES string of the molecule is CN=C(NCc1nccn1CC(C)C)NC(C)CCC(C)C. The minimum Gasteiger partial charge on any atom is -0.354 e. The molecule has 0 fully saturated rings. The average molecular weight is 307 g/mol. The predicted octanol–water partition coefficient (Wildman–Crippen LogP) is 3.03. The molecule has 5 nitrogen and oxygen atoms in total. The van der Waals surface area contributed by atoms with E-state index in [4.69, 9.17) is 0 Å². The van der Waals surface area contributed by atoms with Gasteiger partial charge in [-0.05, 0) is 31.6 Å². The summed E-state index contributed by atoms with van der Waals surface area (Å²) in [5.74, 6) is 3.24. The number of nitrogens with zero attached hydrogens (tertiary/aromatic N) is 3. The highest BCUT2D eigenvalue weighted by atomic mass is 15.2. The van der Waals surface area contributed by atoms with Crippen LogP contribution in [0.5, 0.6) is 0 Å². The fourth-order valence-electron chi connectivity index (χ4n) is 2.31. The number of aromatic nitrogens is 2. The van der Waals surface area contributed by atoms with Gasteiger partial charge in [-0.25, -0.2) is 4.98 Å². The van der Waals surface area contributed by atoms with Crippen molar-refractivity contribution >= 4 is 5.96 Å². The Hall–Kier alpha value is -1.52. The van der Waals surface area contributed by atoms with Crippen LogP contribution in [0.1, 0.15) is 53.3 Å². The van der Waals surface area contributed by atoms with Gasteiger partial charge in [0.2, 0.25) is 0 Å². The van der Waals surface area contributed by atoms with Gasteiger partial charge in [0.05, 0.1) is 6.54 Å². The van der Waals surface area contributed by atoms with Gasteiger partial charge >= 0.3 is 0 Å². The summed E-state index contributed by atoms with van der Waals surface area (Å²) in [6.45, 7) is 12.8. The zero-order valence-corrected chi connectivity index (χ0v) is 15.1. The smallest absolute Gasteiger partial charge is 0.191 e. The van der Waals surface area contributed by atoms with Crippen molar-refractivity contribution in [2.45, 2.75) is 66.6 Å². The number of nitrogens with one attached hydrogen (secondary N) is 2. The topological polar surface area (TPSA) is 54.2 Å². The minimum absolute atomic E-state index is 0.420.